The van der Waals surface area contributed by atoms with Crippen LogP contribution in [0.5, 0.6) is 0 Å². The predicted molar refractivity (Wildman–Crippen MR) is 73.4 cm³/mol. The fourth-order valence-electron chi connectivity index (χ4n) is 1.44. The Hall–Kier alpha value is -0.960. The van der Waals surface area contributed by atoms with Gasteiger partial charge in [0.05, 0.1) is 6.54 Å². The molecular weight excluding hydrogens is 288 g/mol. The van der Waals surface area contributed by atoms with E-state index in [0.29, 0.717) is 6.42 Å². The van der Waals surface area contributed by atoms with Gasteiger partial charge in [-0.3, -0.25) is 4.79 Å². The Morgan fingerprint density at radius 2 is 2.26 bits per heavy atom. The number of amides is 1. The van der Waals surface area contributed by atoms with Gasteiger partial charge >= 0.3 is 0 Å². The fraction of sp³-hybridized carbons (Fsp3) is 0.545. The van der Waals surface area contributed by atoms with Crippen molar-refractivity contribution >= 4 is 27.3 Å². The summed E-state index contributed by atoms with van der Waals surface area (Å²) in [6, 6.07) is 2.97. The lowest BCUT2D eigenvalue weighted by Gasteiger charge is -2.18. The van der Waals surface area contributed by atoms with E-state index >= 15 is 0 Å². The molecule has 19 heavy (non-hydrogen) atoms. The molecule has 0 saturated heterocycles. The Kier molecular flexibility index (Phi) is 5.92. The predicted octanol–water partition coefficient (Wildman–Crippen LogP) is 0.256. The van der Waals surface area contributed by atoms with Gasteiger partial charge in [-0.05, 0) is 24.8 Å². The average Bonchev–Trinajstić information content (AvgIpc) is 2.82. The maximum atomic E-state index is 12.1. The first kappa shape index (κ1) is 16.1. The van der Waals surface area contributed by atoms with Crippen LogP contribution in [0.2, 0.25) is 0 Å². The lowest BCUT2D eigenvalue weighted by molar-refractivity contribution is -0.121. The maximum absolute atomic E-state index is 12.1. The molecule has 1 atom stereocenters. The number of nitrogens with one attached hydrogen (secondary N) is 1. The number of carbonyl (C=O) groups is 1. The van der Waals surface area contributed by atoms with Crippen molar-refractivity contribution in [2.75, 3.05) is 20.2 Å². The van der Waals surface area contributed by atoms with E-state index in [1.807, 2.05) is 0 Å². The molecule has 0 aliphatic rings. The minimum Gasteiger partial charge on any atom is -0.396 e. The summed E-state index contributed by atoms with van der Waals surface area (Å²) < 4.78 is 25.3. The highest BCUT2D eigenvalue weighted by Crippen LogP contribution is 2.19. The number of likely N-dealkylation sites (N-methyl/N-ethyl adjacent to an activating group) is 1. The summed E-state index contributed by atoms with van der Waals surface area (Å²) in [6.45, 7) is 1.49. The minimum atomic E-state index is -3.60. The average molecular weight is 306 g/mol. The quantitative estimate of drug-likeness (QED) is 0.756. The lowest BCUT2D eigenvalue weighted by atomic mass is 10.2. The standard InChI is InChI=1S/C11H18N2O4S2/c1-9(5-6-14)12-10(15)8-13(2)19(16,17)11-4-3-7-18-11/h3-4,7,9,14H,5-6,8H2,1-2H3,(H,12,15). The molecule has 1 aromatic heterocycles. The molecule has 1 rings (SSSR count). The van der Waals surface area contributed by atoms with Crippen LogP contribution >= 0.6 is 11.3 Å². The monoisotopic (exact) mass is 306 g/mol. The van der Waals surface area contributed by atoms with Gasteiger partial charge in [0.15, 0.2) is 0 Å². The molecule has 8 heteroatoms. The van der Waals surface area contributed by atoms with Crippen LogP contribution in [0.15, 0.2) is 21.7 Å². The van der Waals surface area contributed by atoms with Crippen LogP contribution in [-0.2, 0) is 14.8 Å². The van der Waals surface area contributed by atoms with Gasteiger partial charge in [-0.25, -0.2) is 8.42 Å². The molecule has 0 aromatic carbocycles. The van der Waals surface area contributed by atoms with Gasteiger partial charge in [-0.2, -0.15) is 4.31 Å². The van der Waals surface area contributed by atoms with E-state index in [9.17, 15) is 13.2 Å². The third-order valence-electron chi connectivity index (χ3n) is 2.50. The van der Waals surface area contributed by atoms with Crippen molar-refractivity contribution in [1.29, 1.82) is 0 Å². The Morgan fingerprint density at radius 1 is 1.58 bits per heavy atom. The number of aliphatic hydroxyl groups is 1. The number of carbonyl (C=O) groups excluding carboxylic acids is 1. The SMILES string of the molecule is CC(CCO)NC(=O)CN(C)S(=O)(=O)c1cccs1. The molecule has 1 amide bonds. The highest BCUT2D eigenvalue weighted by molar-refractivity contribution is 7.91. The van der Waals surface area contributed by atoms with E-state index in [0.717, 1.165) is 15.6 Å². The van der Waals surface area contributed by atoms with Crippen molar-refractivity contribution in [3.05, 3.63) is 17.5 Å². The second-order valence-electron chi connectivity index (χ2n) is 4.17. The third kappa shape index (κ3) is 4.57. The van der Waals surface area contributed by atoms with Gasteiger partial charge in [-0.15, -0.1) is 11.3 Å². The molecule has 0 bridgehead atoms. The van der Waals surface area contributed by atoms with E-state index in [2.05, 4.69) is 5.32 Å². The normalized spacial score (nSPS) is 13.5. The Balaban J connectivity index is 2.60. The largest absolute Gasteiger partial charge is 0.396 e. The van der Waals surface area contributed by atoms with Crippen LogP contribution in [0.1, 0.15) is 13.3 Å². The number of nitrogens with zero attached hydrogens (tertiary/aromatic N) is 1. The molecular formula is C11H18N2O4S2. The first-order valence-corrected chi connectivity index (χ1v) is 8.10. The number of sulfonamides is 1. The molecule has 0 spiro atoms. The second kappa shape index (κ2) is 6.99. The summed E-state index contributed by atoms with van der Waals surface area (Å²) >= 11 is 1.11. The van der Waals surface area contributed by atoms with Gasteiger partial charge in [0.1, 0.15) is 4.21 Å². The van der Waals surface area contributed by atoms with Crippen LogP contribution in [-0.4, -0.2) is 50.0 Å². The van der Waals surface area contributed by atoms with E-state index < -0.39 is 10.0 Å². The number of hydrogen-bond acceptors (Lipinski definition) is 5. The number of aliphatic hydroxyl groups excluding tert-OH is 1. The van der Waals surface area contributed by atoms with Gasteiger partial charge in [-0.1, -0.05) is 6.07 Å². The van der Waals surface area contributed by atoms with E-state index in [-0.39, 0.29) is 29.3 Å². The number of rotatable bonds is 7. The molecule has 0 fully saturated rings. The highest BCUT2D eigenvalue weighted by atomic mass is 32.2. The maximum Gasteiger partial charge on any atom is 0.252 e. The Labute approximate surface area is 117 Å². The fourth-order valence-corrected chi connectivity index (χ4v) is 3.77. The number of hydrogen-bond donors (Lipinski definition) is 2. The molecule has 1 heterocycles. The van der Waals surface area contributed by atoms with Crippen molar-refractivity contribution in [2.24, 2.45) is 0 Å². The summed E-state index contributed by atoms with van der Waals surface area (Å²) in [4.78, 5) is 11.7. The summed E-state index contributed by atoms with van der Waals surface area (Å²) in [7, 11) is -2.23. The summed E-state index contributed by atoms with van der Waals surface area (Å²) in [5.41, 5.74) is 0. The van der Waals surface area contributed by atoms with Crippen molar-refractivity contribution in [1.82, 2.24) is 9.62 Å². The molecule has 1 unspecified atom stereocenters. The molecule has 0 aliphatic heterocycles. The lowest BCUT2D eigenvalue weighted by Crippen LogP contribution is -2.41. The molecule has 108 valence electrons. The molecule has 2 N–H and O–H groups in total. The van der Waals surface area contributed by atoms with Crippen molar-refractivity contribution in [2.45, 2.75) is 23.6 Å². The van der Waals surface area contributed by atoms with Gasteiger partial charge in [0.2, 0.25) is 5.91 Å². The first-order chi connectivity index (χ1) is 8.87. The van der Waals surface area contributed by atoms with Crippen LogP contribution < -0.4 is 5.32 Å². The molecule has 1 aromatic rings. The highest BCUT2D eigenvalue weighted by Gasteiger charge is 2.24. The van der Waals surface area contributed by atoms with Crippen molar-refractivity contribution in [3.63, 3.8) is 0 Å². The summed E-state index contributed by atoms with van der Waals surface area (Å²) in [5.74, 6) is -0.386. The van der Waals surface area contributed by atoms with Gasteiger partial charge < -0.3 is 10.4 Å². The summed E-state index contributed by atoms with van der Waals surface area (Å²) in [6.07, 6.45) is 0.438. The van der Waals surface area contributed by atoms with E-state index in [1.165, 1.54) is 13.1 Å². The van der Waals surface area contributed by atoms with Crippen LogP contribution in [0.25, 0.3) is 0 Å². The Bertz CT molecular complexity index is 499. The molecule has 0 aliphatic carbocycles. The molecule has 6 nitrogen and oxygen atoms in total. The van der Waals surface area contributed by atoms with Crippen LogP contribution in [0.3, 0.4) is 0 Å². The molecule has 0 saturated carbocycles. The van der Waals surface area contributed by atoms with Crippen LogP contribution in [0.4, 0.5) is 0 Å². The minimum absolute atomic E-state index is 0.0230. The van der Waals surface area contributed by atoms with Gasteiger partial charge in [0.25, 0.3) is 10.0 Å². The first-order valence-electron chi connectivity index (χ1n) is 5.78. The zero-order valence-corrected chi connectivity index (χ0v) is 12.5. The zero-order valence-electron chi connectivity index (χ0n) is 10.9. The third-order valence-corrected chi connectivity index (χ3v) is 5.67. The second-order valence-corrected chi connectivity index (χ2v) is 7.39. The van der Waals surface area contributed by atoms with Crippen molar-refractivity contribution in [3.8, 4) is 0 Å². The smallest absolute Gasteiger partial charge is 0.252 e. The molecule has 0 radical (unpaired) electrons. The Morgan fingerprint density at radius 3 is 2.79 bits per heavy atom. The van der Waals surface area contributed by atoms with Gasteiger partial charge in [0, 0.05) is 19.7 Å². The van der Waals surface area contributed by atoms with E-state index in [4.69, 9.17) is 5.11 Å². The summed E-state index contributed by atoms with van der Waals surface area (Å²) in [5, 5.41) is 13.0. The zero-order chi connectivity index (χ0) is 14.5. The van der Waals surface area contributed by atoms with Crippen molar-refractivity contribution < 1.29 is 18.3 Å². The van der Waals surface area contributed by atoms with E-state index in [1.54, 1.807) is 18.4 Å². The number of thiophene rings is 1. The topological polar surface area (TPSA) is 86.7 Å². The van der Waals surface area contributed by atoms with Crippen LogP contribution in [0, 0.1) is 0 Å².